The fraction of sp³-hybridized carbons (Fsp3) is 0.357. The zero-order valence-corrected chi connectivity index (χ0v) is 20.8. The summed E-state index contributed by atoms with van der Waals surface area (Å²) < 4.78 is 13.7. The van der Waals surface area contributed by atoms with E-state index in [1.807, 2.05) is 56.3 Å². The molecule has 2 heterocycles. The minimum absolute atomic E-state index is 0.0287. The van der Waals surface area contributed by atoms with Crippen LogP contribution in [0.25, 0.3) is 11.3 Å². The lowest BCUT2D eigenvalue weighted by atomic mass is 10.1. The minimum atomic E-state index is -0.468. The third-order valence-corrected chi connectivity index (χ3v) is 6.16. The number of aromatic nitrogens is 2. The van der Waals surface area contributed by atoms with Gasteiger partial charge in [-0.25, -0.2) is 4.39 Å². The van der Waals surface area contributed by atoms with Crippen molar-refractivity contribution < 1.29 is 14.0 Å². The molecular formula is C28H32FN5O2. The Kier molecular flexibility index (Phi) is 8.25. The van der Waals surface area contributed by atoms with Crippen LogP contribution in [0, 0.1) is 11.7 Å². The summed E-state index contributed by atoms with van der Waals surface area (Å²) in [6, 6.07) is 19.5. The summed E-state index contributed by atoms with van der Waals surface area (Å²) in [5.41, 5.74) is 2.09. The normalized spacial score (nSPS) is 14.0. The number of benzene rings is 2. The molecule has 0 saturated carbocycles. The molecule has 1 aromatic heterocycles. The van der Waals surface area contributed by atoms with E-state index in [-0.39, 0.29) is 29.8 Å². The maximum absolute atomic E-state index is 13.7. The molecule has 3 aromatic rings. The fourth-order valence-corrected chi connectivity index (χ4v) is 4.38. The largest absolute Gasteiger partial charge is 0.353 e. The summed E-state index contributed by atoms with van der Waals surface area (Å²) in [4.78, 5) is 31.7. The van der Waals surface area contributed by atoms with Gasteiger partial charge in [0.05, 0.1) is 5.69 Å². The first kappa shape index (κ1) is 25.3. The van der Waals surface area contributed by atoms with Crippen LogP contribution in [0.5, 0.6) is 0 Å². The summed E-state index contributed by atoms with van der Waals surface area (Å²) in [5, 5.41) is 8.81. The van der Waals surface area contributed by atoms with Crippen LogP contribution in [0.4, 0.5) is 10.2 Å². The molecule has 2 aromatic carbocycles. The van der Waals surface area contributed by atoms with Crippen LogP contribution < -0.4 is 4.90 Å². The van der Waals surface area contributed by atoms with E-state index in [0.29, 0.717) is 26.2 Å². The number of rotatable bonds is 7. The van der Waals surface area contributed by atoms with E-state index in [0.717, 1.165) is 30.0 Å². The summed E-state index contributed by atoms with van der Waals surface area (Å²) in [7, 11) is 0. The molecule has 1 aliphatic rings. The Morgan fingerprint density at radius 1 is 0.944 bits per heavy atom. The van der Waals surface area contributed by atoms with Crippen molar-refractivity contribution in [3.8, 4) is 11.3 Å². The summed E-state index contributed by atoms with van der Waals surface area (Å²) in [6.07, 6.45) is 0.788. The van der Waals surface area contributed by atoms with E-state index in [9.17, 15) is 14.0 Å². The van der Waals surface area contributed by atoms with E-state index >= 15 is 0 Å². The van der Waals surface area contributed by atoms with Crippen LogP contribution in [0.2, 0.25) is 0 Å². The highest BCUT2D eigenvalue weighted by atomic mass is 19.1. The van der Waals surface area contributed by atoms with E-state index in [1.54, 1.807) is 11.0 Å². The number of hydrogen-bond donors (Lipinski definition) is 0. The average Bonchev–Trinajstić information content (AvgIpc) is 3.15. The van der Waals surface area contributed by atoms with E-state index < -0.39 is 5.82 Å². The van der Waals surface area contributed by atoms with Crippen molar-refractivity contribution >= 4 is 17.6 Å². The van der Waals surface area contributed by atoms with Gasteiger partial charge < -0.3 is 14.7 Å². The molecule has 0 aliphatic carbocycles. The van der Waals surface area contributed by atoms with Gasteiger partial charge in [-0.15, -0.1) is 10.2 Å². The first-order chi connectivity index (χ1) is 17.4. The molecule has 1 fully saturated rings. The summed E-state index contributed by atoms with van der Waals surface area (Å²) >= 11 is 0. The average molecular weight is 490 g/mol. The van der Waals surface area contributed by atoms with Gasteiger partial charge in [0.2, 0.25) is 5.91 Å². The molecule has 8 heteroatoms. The summed E-state index contributed by atoms with van der Waals surface area (Å²) in [6.45, 7) is 6.91. The van der Waals surface area contributed by atoms with Gasteiger partial charge in [-0.2, -0.15) is 0 Å². The van der Waals surface area contributed by atoms with Crippen molar-refractivity contribution in [3.05, 3.63) is 78.1 Å². The second-order valence-corrected chi connectivity index (χ2v) is 9.45. The standard InChI is InChI=1S/C28H32FN5O2/c1-21(2)19-34(28(36)23-10-6-11-24(29)18-23)20-27(35)33-15-7-14-32(16-17-33)26-13-12-25(30-31-26)22-8-4-3-5-9-22/h3-6,8-13,18,21H,7,14-17,19-20H2,1-2H3. The number of carbonyl (C=O) groups excluding carboxylic acids is 2. The van der Waals surface area contributed by atoms with Crippen molar-refractivity contribution in [2.45, 2.75) is 20.3 Å². The second-order valence-electron chi connectivity index (χ2n) is 9.45. The number of nitrogens with zero attached hydrogens (tertiary/aromatic N) is 5. The van der Waals surface area contributed by atoms with Gasteiger partial charge in [-0.1, -0.05) is 50.2 Å². The Hall–Kier alpha value is -3.81. The number of amides is 2. The Bertz CT molecular complexity index is 1170. The van der Waals surface area contributed by atoms with Gasteiger partial charge >= 0.3 is 0 Å². The van der Waals surface area contributed by atoms with Crippen LogP contribution in [-0.2, 0) is 4.79 Å². The van der Waals surface area contributed by atoms with Gasteiger partial charge in [-0.05, 0) is 42.7 Å². The molecule has 2 amide bonds. The van der Waals surface area contributed by atoms with Crippen LogP contribution in [0.15, 0.2) is 66.7 Å². The van der Waals surface area contributed by atoms with Crippen molar-refractivity contribution in [3.63, 3.8) is 0 Å². The van der Waals surface area contributed by atoms with Gasteiger partial charge in [0.1, 0.15) is 12.4 Å². The molecule has 1 saturated heterocycles. The Labute approximate surface area is 211 Å². The maximum Gasteiger partial charge on any atom is 0.254 e. The lowest BCUT2D eigenvalue weighted by molar-refractivity contribution is -0.131. The van der Waals surface area contributed by atoms with Crippen LogP contribution in [0.3, 0.4) is 0 Å². The molecule has 0 radical (unpaired) electrons. The van der Waals surface area contributed by atoms with Gasteiger partial charge in [0, 0.05) is 43.9 Å². The molecule has 188 valence electrons. The predicted molar refractivity (Wildman–Crippen MR) is 138 cm³/mol. The van der Waals surface area contributed by atoms with Crippen LogP contribution in [-0.4, -0.2) is 71.1 Å². The first-order valence-corrected chi connectivity index (χ1v) is 12.4. The number of hydrogen-bond acceptors (Lipinski definition) is 5. The summed E-state index contributed by atoms with van der Waals surface area (Å²) in [5.74, 6) is 0.0535. The lowest BCUT2D eigenvalue weighted by Crippen LogP contribution is -2.45. The zero-order valence-electron chi connectivity index (χ0n) is 20.8. The Morgan fingerprint density at radius 3 is 2.44 bits per heavy atom. The molecule has 1 aliphatic heterocycles. The molecule has 0 bridgehead atoms. The van der Waals surface area contributed by atoms with E-state index in [4.69, 9.17) is 0 Å². The molecule has 0 unspecified atom stereocenters. The number of carbonyl (C=O) groups is 2. The smallest absolute Gasteiger partial charge is 0.254 e. The van der Waals surface area contributed by atoms with Crippen molar-refractivity contribution in [1.29, 1.82) is 0 Å². The Balaban J connectivity index is 1.39. The molecule has 0 atom stereocenters. The van der Waals surface area contributed by atoms with Gasteiger partial charge in [0.25, 0.3) is 5.91 Å². The molecule has 36 heavy (non-hydrogen) atoms. The first-order valence-electron chi connectivity index (χ1n) is 12.4. The predicted octanol–water partition coefficient (Wildman–Crippen LogP) is 4.12. The molecular weight excluding hydrogens is 457 g/mol. The highest BCUT2D eigenvalue weighted by molar-refractivity contribution is 5.96. The van der Waals surface area contributed by atoms with E-state index in [2.05, 4.69) is 15.1 Å². The van der Waals surface area contributed by atoms with E-state index in [1.165, 1.54) is 23.1 Å². The Morgan fingerprint density at radius 2 is 1.75 bits per heavy atom. The molecule has 0 spiro atoms. The van der Waals surface area contributed by atoms with Gasteiger partial charge in [-0.3, -0.25) is 9.59 Å². The van der Waals surface area contributed by atoms with Crippen molar-refractivity contribution in [2.24, 2.45) is 5.92 Å². The third-order valence-electron chi connectivity index (χ3n) is 6.16. The van der Waals surface area contributed by atoms with Crippen LogP contribution >= 0.6 is 0 Å². The lowest BCUT2D eigenvalue weighted by Gasteiger charge is -2.28. The molecule has 0 N–H and O–H groups in total. The maximum atomic E-state index is 13.7. The number of halogens is 1. The fourth-order valence-electron chi connectivity index (χ4n) is 4.38. The zero-order chi connectivity index (χ0) is 25.5. The highest BCUT2D eigenvalue weighted by Crippen LogP contribution is 2.19. The third kappa shape index (κ3) is 6.44. The SMILES string of the molecule is CC(C)CN(CC(=O)N1CCCN(c2ccc(-c3ccccc3)nn2)CC1)C(=O)c1cccc(F)c1. The second kappa shape index (κ2) is 11.7. The quantitative estimate of drug-likeness (QED) is 0.499. The van der Waals surface area contributed by atoms with Crippen LogP contribution in [0.1, 0.15) is 30.6 Å². The minimum Gasteiger partial charge on any atom is -0.353 e. The number of anilines is 1. The van der Waals surface area contributed by atoms with Crippen molar-refractivity contribution in [2.75, 3.05) is 44.2 Å². The monoisotopic (exact) mass is 489 g/mol. The molecule has 7 nitrogen and oxygen atoms in total. The van der Waals surface area contributed by atoms with Crippen molar-refractivity contribution in [1.82, 2.24) is 20.0 Å². The molecule has 4 rings (SSSR count). The highest BCUT2D eigenvalue weighted by Gasteiger charge is 2.25. The van der Waals surface area contributed by atoms with Gasteiger partial charge in [0.15, 0.2) is 5.82 Å². The topological polar surface area (TPSA) is 69.6 Å².